The summed E-state index contributed by atoms with van der Waals surface area (Å²) >= 11 is 0. The van der Waals surface area contributed by atoms with Crippen LogP contribution in [0.25, 0.3) is 5.57 Å². The maximum Gasteiger partial charge on any atom is 0.246 e. The van der Waals surface area contributed by atoms with Gasteiger partial charge in [-0.15, -0.1) is 0 Å². The summed E-state index contributed by atoms with van der Waals surface area (Å²) in [4.78, 5) is 27.1. The van der Waals surface area contributed by atoms with Crippen molar-refractivity contribution in [2.45, 2.75) is 50.9 Å². The molecule has 207 valence electrons. The first-order valence-electron chi connectivity index (χ1n) is 13.5. The Morgan fingerprint density at radius 1 is 1.21 bits per heavy atom. The summed E-state index contributed by atoms with van der Waals surface area (Å²) in [5.41, 5.74) is 7.87. The second-order valence-electron chi connectivity index (χ2n) is 10.4. The molecule has 8 heteroatoms. The number of amides is 1. The molecule has 0 saturated heterocycles. The van der Waals surface area contributed by atoms with Gasteiger partial charge in [0.25, 0.3) is 0 Å². The summed E-state index contributed by atoms with van der Waals surface area (Å²) in [6, 6.07) is 14.6. The standard InChI is InChI=1S/C31H41BN3O3S/c1-7-24-14-15-25-12-9-10-13-28(25)29(24)22-34(19-11-18-33-31(36)23(3)4)21-26-20-27(39(5,6)35(37)38)16-17-30(26)32-8-2/h7,9-10,12-13,16-17,20H,1,3,8,11,14-15,18-19,21-22H2,2,4-6H3,(H,33,36). The molecule has 0 saturated carbocycles. The highest BCUT2D eigenvalue weighted by molar-refractivity contribution is 8.27. The lowest BCUT2D eigenvalue weighted by atomic mass is 9.66. The molecule has 1 aliphatic carbocycles. The Labute approximate surface area is 236 Å². The number of hydrogen-bond donors (Lipinski definition) is 1. The number of carbonyl (C=O) groups is 1. The Morgan fingerprint density at radius 3 is 2.62 bits per heavy atom. The van der Waals surface area contributed by atoms with E-state index in [0.717, 1.165) is 54.6 Å². The number of aryl methyl sites for hydroxylation is 1. The van der Waals surface area contributed by atoms with E-state index in [4.69, 9.17) is 0 Å². The number of allylic oxidation sites excluding steroid dienone is 2. The van der Waals surface area contributed by atoms with Crippen LogP contribution >= 0.6 is 10.2 Å². The Bertz CT molecular complexity index is 1270. The van der Waals surface area contributed by atoms with Gasteiger partial charge in [0.2, 0.25) is 5.91 Å². The monoisotopic (exact) mass is 546 g/mol. The second kappa shape index (κ2) is 13.8. The minimum Gasteiger partial charge on any atom is -0.352 e. The molecular weight excluding hydrogens is 505 g/mol. The maximum absolute atomic E-state index is 12.0. The zero-order chi connectivity index (χ0) is 28.6. The van der Waals surface area contributed by atoms with Crippen molar-refractivity contribution in [1.82, 2.24) is 10.2 Å². The first-order valence-corrected chi connectivity index (χ1v) is 15.9. The molecule has 0 unspecified atom stereocenters. The van der Waals surface area contributed by atoms with E-state index >= 15 is 0 Å². The van der Waals surface area contributed by atoms with Gasteiger partial charge >= 0.3 is 0 Å². The van der Waals surface area contributed by atoms with Gasteiger partial charge in [0.15, 0.2) is 7.28 Å². The van der Waals surface area contributed by atoms with Crippen molar-refractivity contribution >= 4 is 34.4 Å². The fraction of sp³-hybridized carbons (Fsp3) is 0.387. The highest BCUT2D eigenvalue weighted by atomic mass is 32.3. The van der Waals surface area contributed by atoms with Crippen LogP contribution in [0.3, 0.4) is 0 Å². The number of hydrogen-bond acceptors (Lipinski definition) is 4. The summed E-state index contributed by atoms with van der Waals surface area (Å²) in [6.07, 6.45) is 9.07. The molecule has 0 bridgehead atoms. The molecule has 1 radical (unpaired) electrons. The van der Waals surface area contributed by atoms with Crippen LogP contribution in [0.2, 0.25) is 6.32 Å². The van der Waals surface area contributed by atoms with Crippen LogP contribution < -0.4 is 10.8 Å². The van der Waals surface area contributed by atoms with E-state index in [2.05, 4.69) is 61.8 Å². The molecule has 0 atom stereocenters. The van der Waals surface area contributed by atoms with Crippen LogP contribution in [0.15, 0.2) is 77.7 Å². The zero-order valence-corrected chi connectivity index (χ0v) is 24.6. The third-order valence-electron chi connectivity index (χ3n) is 7.23. The van der Waals surface area contributed by atoms with E-state index in [1.807, 2.05) is 24.3 Å². The van der Waals surface area contributed by atoms with E-state index in [1.54, 1.807) is 19.4 Å². The Kier molecular flexibility index (Phi) is 10.8. The van der Waals surface area contributed by atoms with Gasteiger partial charge in [-0.2, -0.15) is 0 Å². The molecule has 0 fully saturated rings. The zero-order valence-electron chi connectivity index (χ0n) is 23.8. The minimum atomic E-state index is -2.17. The van der Waals surface area contributed by atoms with E-state index < -0.39 is 10.2 Å². The number of rotatable bonds is 14. The second-order valence-corrected chi connectivity index (χ2v) is 13.8. The van der Waals surface area contributed by atoms with Gasteiger partial charge in [-0.05, 0) is 66.2 Å². The average Bonchev–Trinajstić information content (AvgIpc) is 2.91. The molecule has 2 aromatic rings. The number of nitro groups is 1. The van der Waals surface area contributed by atoms with Gasteiger partial charge in [0.1, 0.15) is 0 Å². The quantitative estimate of drug-likeness (QED) is 0.111. The first-order chi connectivity index (χ1) is 18.6. The molecule has 2 aromatic carbocycles. The van der Waals surface area contributed by atoms with Crippen LogP contribution in [0.4, 0.5) is 0 Å². The molecular formula is C31H41BN3O3S. The average molecular weight is 547 g/mol. The number of benzene rings is 2. The largest absolute Gasteiger partial charge is 0.352 e. The van der Waals surface area contributed by atoms with E-state index in [0.29, 0.717) is 18.7 Å². The molecule has 1 amide bonds. The van der Waals surface area contributed by atoms with Gasteiger partial charge in [-0.25, -0.2) is 0 Å². The predicted molar refractivity (Wildman–Crippen MR) is 167 cm³/mol. The SMILES string of the molecule is C=CC1=C(CN(CCCNC(=O)C(=C)C)Cc2cc(S(C)(C)[N+](=O)[O-])ccc2[B]CC)c2ccccc2CC1. The van der Waals surface area contributed by atoms with Crippen LogP contribution in [0.1, 0.15) is 43.4 Å². The van der Waals surface area contributed by atoms with Crippen molar-refractivity contribution < 1.29 is 9.12 Å². The lowest BCUT2D eigenvalue weighted by molar-refractivity contribution is -0.295. The van der Waals surface area contributed by atoms with Crippen molar-refractivity contribution in [3.05, 3.63) is 99.6 Å². The van der Waals surface area contributed by atoms with Gasteiger partial charge in [-0.3, -0.25) is 19.8 Å². The third kappa shape index (κ3) is 7.73. The van der Waals surface area contributed by atoms with Crippen LogP contribution in [0.5, 0.6) is 0 Å². The highest BCUT2D eigenvalue weighted by Crippen LogP contribution is 2.49. The molecule has 1 N–H and O–H groups in total. The summed E-state index contributed by atoms with van der Waals surface area (Å²) < 4.78 is -0.141. The van der Waals surface area contributed by atoms with Gasteiger partial charge in [0.05, 0.1) is 9.22 Å². The highest BCUT2D eigenvalue weighted by Gasteiger charge is 2.28. The molecule has 1 aliphatic rings. The van der Waals surface area contributed by atoms with E-state index in [1.165, 1.54) is 22.3 Å². The molecule has 6 nitrogen and oxygen atoms in total. The van der Waals surface area contributed by atoms with Crippen molar-refractivity contribution in [3.63, 3.8) is 0 Å². The first kappa shape index (κ1) is 30.4. The van der Waals surface area contributed by atoms with Gasteiger partial charge in [0, 0.05) is 54.5 Å². The lowest BCUT2D eigenvalue weighted by Crippen LogP contribution is -2.33. The van der Waals surface area contributed by atoms with Crippen molar-refractivity contribution in [2.24, 2.45) is 0 Å². The minimum absolute atomic E-state index is 0.128. The Hall–Kier alpha value is -3.10. The van der Waals surface area contributed by atoms with Crippen LogP contribution in [-0.4, -0.2) is 54.6 Å². The smallest absolute Gasteiger partial charge is 0.246 e. The fourth-order valence-corrected chi connectivity index (χ4v) is 5.91. The number of nitrogens with one attached hydrogen (secondary N) is 1. The predicted octanol–water partition coefficient (Wildman–Crippen LogP) is 5.54. The molecule has 0 aromatic heterocycles. The third-order valence-corrected chi connectivity index (χ3v) is 9.38. The molecule has 39 heavy (non-hydrogen) atoms. The lowest BCUT2D eigenvalue weighted by Gasteiger charge is -2.30. The van der Waals surface area contributed by atoms with Crippen molar-refractivity contribution in [2.75, 3.05) is 32.1 Å². The van der Waals surface area contributed by atoms with Crippen molar-refractivity contribution in [3.8, 4) is 0 Å². The molecule has 0 heterocycles. The van der Waals surface area contributed by atoms with Gasteiger partial charge < -0.3 is 5.32 Å². The molecule has 0 spiro atoms. The normalized spacial score (nSPS) is 13.6. The molecule has 3 rings (SSSR count). The summed E-state index contributed by atoms with van der Waals surface area (Å²) in [5, 5.41) is 14.8. The molecule has 0 aliphatic heterocycles. The van der Waals surface area contributed by atoms with Crippen LogP contribution in [-0.2, 0) is 17.8 Å². The number of carbonyl (C=O) groups excluding carboxylic acids is 1. The Balaban J connectivity index is 1.96. The summed E-state index contributed by atoms with van der Waals surface area (Å²) in [7, 11) is 0.00983. The summed E-state index contributed by atoms with van der Waals surface area (Å²) in [6.45, 7) is 14.3. The van der Waals surface area contributed by atoms with E-state index in [9.17, 15) is 14.9 Å². The summed E-state index contributed by atoms with van der Waals surface area (Å²) in [5.74, 6) is -0.128. The topological polar surface area (TPSA) is 75.5 Å². The van der Waals surface area contributed by atoms with E-state index in [-0.39, 0.29) is 10.2 Å². The van der Waals surface area contributed by atoms with Gasteiger partial charge in [-0.1, -0.05) is 68.3 Å². The maximum atomic E-state index is 12.0. The number of fused-ring (bicyclic) bond motifs is 1. The van der Waals surface area contributed by atoms with Crippen molar-refractivity contribution in [1.29, 1.82) is 0 Å². The van der Waals surface area contributed by atoms with Crippen LogP contribution in [0, 0.1) is 10.1 Å². The Morgan fingerprint density at radius 2 is 1.95 bits per heavy atom. The number of nitrogens with zero attached hydrogens (tertiary/aromatic N) is 2. The fourth-order valence-electron chi connectivity index (χ4n) is 4.91.